The van der Waals surface area contributed by atoms with Crippen LogP contribution in [0.1, 0.15) is 44.1 Å². The molecule has 0 radical (unpaired) electrons. The molecule has 3 aliphatic heterocycles. The Bertz CT molecular complexity index is 1010. The number of anilines is 3. The topological polar surface area (TPSA) is 131 Å². The first-order valence-corrected chi connectivity index (χ1v) is 11.3. The fourth-order valence-corrected chi connectivity index (χ4v) is 4.24. The Hall–Kier alpha value is -3.70. The zero-order valence-corrected chi connectivity index (χ0v) is 18.3. The second-order valence-corrected chi connectivity index (χ2v) is 8.25. The van der Waals surface area contributed by atoms with E-state index in [1.807, 2.05) is 0 Å². The van der Waals surface area contributed by atoms with Gasteiger partial charge in [0.05, 0.1) is 22.8 Å². The van der Waals surface area contributed by atoms with Gasteiger partial charge in [0.2, 0.25) is 24.6 Å². The summed E-state index contributed by atoms with van der Waals surface area (Å²) in [5, 5.41) is 15.7. The number of nitro groups is 1. The summed E-state index contributed by atoms with van der Waals surface area (Å²) in [4.78, 5) is 29.2. The van der Waals surface area contributed by atoms with Crippen molar-refractivity contribution in [1.29, 1.82) is 0 Å². The van der Waals surface area contributed by atoms with Gasteiger partial charge in [-0.2, -0.15) is 20.1 Å². The largest absolute Gasteiger partial charge is 0.454 e. The highest BCUT2D eigenvalue weighted by Crippen LogP contribution is 2.37. The van der Waals surface area contributed by atoms with Gasteiger partial charge in [-0.05, 0) is 44.6 Å². The van der Waals surface area contributed by atoms with Crippen LogP contribution in [0.3, 0.4) is 0 Å². The second-order valence-electron chi connectivity index (χ2n) is 8.25. The van der Waals surface area contributed by atoms with Gasteiger partial charge in [0.25, 0.3) is 5.69 Å². The summed E-state index contributed by atoms with van der Waals surface area (Å²) < 4.78 is 10.6. The van der Waals surface area contributed by atoms with Crippen molar-refractivity contribution in [2.45, 2.75) is 38.5 Å². The molecule has 0 aliphatic carbocycles. The van der Waals surface area contributed by atoms with Crippen LogP contribution in [0.2, 0.25) is 0 Å². The molecular weight excluding hydrogens is 428 g/mol. The lowest BCUT2D eigenvalue weighted by Gasteiger charge is -2.30. The molecule has 174 valence electrons. The molecule has 33 heavy (non-hydrogen) atoms. The van der Waals surface area contributed by atoms with E-state index < -0.39 is 4.92 Å². The van der Waals surface area contributed by atoms with Gasteiger partial charge >= 0.3 is 0 Å². The molecule has 4 heterocycles. The van der Waals surface area contributed by atoms with Gasteiger partial charge in [-0.1, -0.05) is 0 Å². The molecule has 1 aromatic heterocycles. The van der Waals surface area contributed by atoms with Gasteiger partial charge in [0.1, 0.15) is 0 Å². The minimum Gasteiger partial charge on any atom is -0.454 e. The lowest BCUT2D eigenvalue weighted by Crippen LogP contribution is -2.34. The van der Waals surface area contributed by atoms with Crippen molar-refractivity contribution in [2.75, 3.05) is 48.2 Å². The number of aromatic nitrogens is 3. The first kappa shape index (κ1) is 21.2. The zero-order chi connectivity index (χ0) is 22.6. The molecule has 0 unspecified atom stereocenters. The summed E-state index contributed by atoms with van der Waals surface area (Å²) in [6.07, 6.45) is 8.23. The van der Waals surface area contributed by atoms with Crippen LogP contribution in [0.15, 0.2) is 17.2 Å². The first-order chi connectivity index (χ1) is 16.2. The summed E-state index contributed by atoms with van der Waals surface area (Å²) in [6, 6.07) is 2.88. The molecule has 2 saturated heterocycles. The number of benzene rings is 1. The molecule has 12 heteroatoms. The van der Waals surface area contributed by atoms with Gasteiger partial charge in [0, 0.05) is 26.2 Å². The van der Waals surface area contributed by atoms with Gasteiger partial charge in [0.15, 0.2) is 11.5 Å². The maximum absolute atomic E-state index is 11.5. The first-order valence-electron chi connectivity index (χ1n) is 11.3. The molecular formula is C21H26N8O4. The van der Waals surface area contributed by atoms with Crippen LogP contribution in [0, 0.1) is 10.1 Å². The molecule has 5 rings (SSSR count). The standard InChI is InChI=1S/C21H26N8O4/c30-29(31)16-12-18-17(32-14-33-18)11-15(16)13-22-26-19-23-20(27-7-3-1-4-8-27)25-21(24-19)28-9-5-2-6-10-28/h11-13H,1-10,14H2,(H,23,24,25,26)/b22-13-. The van der Waals surface area contributed by atoms with Crippen molar-refractivity contribution in [3.05, 3.63) is 27.8 Å². The normalized spacial score (nSPS) is 18.1. The third-order valence-electron chi connectivity index (χ3n) is 5.98. The van der Waals surface area contributed by atoms with E-state index in [-0.39, 0.29) is 12.5 Å². The fraction of sp³-hybridized carbons (Fsp3) is 0.524. The Balaban J connectivity index is 1.40. The molecule has 0 amide bonds. The van der Waals surface area contributed by atoms with Crippen molar-refractivity contribution in [1.82, 2.24) is 15.0 Å². The van der Waals surface area contributed by atoms with E-state index in [1.54, 1.807) is 0 Å². The van der Waals surface area contributed by atoms with E-state index >= 15 is 0 Å². The average molecular weight is 454 g/mol. The zero-order valence-electron chi connectivity index (χ0n) is 18.3. The number of fused-ring (bicyclic) bond motifs is 1. The number of ether oxygens (including phenoxy) is 2. The van der Waals surface area contributed by atoms with Gasteiger partial charge < -0.3 is 19.3 Å². The van der Waals surface area contributed by atoms with Crippen molar-refractivity contribution >= 4 is 29.7 Å². The fourth-order valence-electron chi connectivity index (χ4n) is 4.24. The van der Waals surface area contributed by atoms with Crippen LogP contribution >= 0.6 is 0 Å². The minimum atomic E-state index is -0.477. The Morgan fingerprint density at radius 2 is 1.48 bits per heavy atom. The predicted octanol–water partition coefficient (Wildman–Crippen LogP) is 2.94. The van der Waals surface area contributed by atoms with Crippen LogP contribution in [0.4, 0.5) is 23.5 Å². The molecule has 0 bridgehead atoms. The molecule has 0 saturated carbocycles. The Morgan fingerprint density at radius 3 is 2.06 bits per heavy atom. The smallest absolute Gasteiger partial charge is 0.282 e. The number of nitrogens with one attached hydrogen (secondary N) is 1. The number of nitrogens with zero attached hydrogens (tertiary/aromatic N) is 7. The Kier molecular flexibility index (Phi) is 6.05. The highest BCUT2D eigenvalue weighted by molar-refractivity contribution is 5.87. The Labute approximate surface area is 190 Å². The number of hydrogen-bond donors (Lipinski definition) is 1. The Morgan fingerprint density at radius 1 is 0.909 bits per heavy atom. The second kappa shape index (κ2) is 9.43. The van der Waals surface area contributed by atoms with Crippen molar-refractivity contribution in [3.8, 4) is 11.5 Å². The quantitative estimate of drug-likeness (QED) is 0.395. The number of nitro benzene ring substituents is 1. The number of hydrogen-bond acceptors (Lipinski definition) is 11. The average Bonchev–Trinajstić information content (AvgIpc) is 3.32. The number of rotatable bonds is 6. The third kappa shape index (κ3) is 4.73. The summed E-state index contributed by atoms with van der Waals surface area (Å²) >= 11 is 0. The summed E-state index contributed by atoms with van der Waals surface area (Å²) in [5.41, 5.74) is 3.01. The molecule has 2 aromatic rings. The predicted molar refractivity (Wildman–Crippen MR) is 122 cm³/mol. The van der Waals surface area contributed by atoms with Crippen molar-refractivity contribution in [2.24, 2.45) is 5.10 Å². The lowest BCUT2D eigenvalue weighted by atomic mass is 10.1. The summed E-state index contributed by atoms with van der Waals surface area (Å²) in [6.45, 7) is 3.69. The highest BCUT2D eigenvalue weighted by atomic mass is 16.7. The van der Waals surface area contributed by atoms with Crippen LogP contribution in [-0.4, -0.2) is 59.1 Å². The van der Waals surface area contributed by atoms with E-state index in [0.29, 0.717) is 34.9 Å². The molecule has 3 aliphatic rings. The monoisotopic (exact) mass is 454 g/mol. The van der Waals surface area contributed by atoms with Gasteiger partial charge in [-0.3, -0.25) is 10.1 Å². The van der Waals surface area contributed by atoms with E-state index in [0.717, 1.165) is 51.9 Å². The number of hydrazone groups is 1. The van der Waals surface area contributed by atoms with E-state index in [4.69, 9.17) is 14.5 Å². The third-order valence-corrected chi connectivity index (χ3v) is 5.98. The van der Waals surface area contributed by atoms with E-state index in [2.05, 4.69) is 30.3 Å². The van der Waals surface area contributed by atoms with E-state index in [9.17, 15) is 10.1 Å². The SMILES string of the molecule is O=[N+]([O-])c1cc2c(cc1/C=N\Nc1nc(N3CCCCC3)nc(N3CCCCC3)n1)OCO2. The molecule has 0 atom stereocenters. The van der Waals surface area contributed by atoms with Gasteiger partial charge in [-0.25, -0.2) is 5.43 Å². The van der Waals surface area contributed by atoms with Crippen LogP contribution < -0.4 is 24.7 Å². The molecule has 1 N–H and O–H groups in total. The molecule has 12 nitrogen and oxygen atoms in total. The molecule has 1 aromatic carbocycles. The molecule has 0 spiro atoms. The number of piperidine rings is 2. The maximum atomic E-state index is 11.5. The van der Waals surface area contributed by atoms with Crippen molar-refractivity contribution < 1.29 is 14.4 Å². The summed E-state index contributed by atoms with van der Waals surface area (Å²) in [7, 11) is 0. The van der Waals surface area contributed by atoms with E-state index in [1.165, 1.54) is 31.2 Å². The lowest BCUT2D eigenvalue weighted by molar-refractivity contribution is -0.385. The van der Waals surface area contributed by atoms with Crippen LogP contribution in [-0.2, 0) is 0 Å². The summed E-state index contributed by atoms with van der Waals surface area (Å²) in [5.74, 6) is 2.38. The van der Waals surface area contributed by atoms with Crippen molar-refractivity contribution in [3.63, 3.8) is 0 Å². The molecule has 2 fully saturated rings. The van der Waals surface area contributed by atoms with Crippen LogP contribution in [0.5, 0.6) is 11.5 Å². The minimum absolute atomic E-state index is 0.0365. The highest BCUT2D eigenvalue weighted by Gasteiger charge is 2.23. The van der Waals surface area contributed by atoms with Gasteiger partial charge in [-0.15, -0.1) is 0 Å². The maximum Gasteiger partial charge on any atom is 0.282 e. The van der Waals surface area contributed by atoms with Crippen LogP contribution in [0.25, 0.3) is 0 Å².